The van der Waals surface area contributed by atoms with Crippen LogP contribution in [0.1, 0.15) is 18.1 Å². The fraction of sp³-hybridized carbons (Fsp3) is 0.333. The Morgan fingerprint density at radius 1 is 1.30 bits per heavy atom. The summed E-state index contributed by atoms with van der Waals surface area (Å²) >= 11 is 0. The van der Waals surface area contributed by atoms with Gasteiger partial charge in [-0.3, -0.25) is 4.79 Å². The number of carbonyl (C=O) groups is 2. The Bertz CT molecular complexity index is 726. The van der Waals surface area contributed by atoms with Crippen molar-refractivity contribution >= 4 is 17.7 Å². The summed E-state index contributed by atoms with van der Waals surface area (Å²) in [4.78, 5) is 28.3. The van der Waals surface area contributed by atoms with E-state index in [0.717, 1.165) is 0 Å². The number of carboxylic acid groups (broad SMARTS) is 1. The summed E-state index contributed by atoms with van der Waals surface area (Å²) in [5, 5.41) is 15.8. The van der Waals surface area contributed by atoms with Gasteiger partial charge in [0, 0.05) is 13.6 Å². The second-order valence-electron chi connectivity index (χ2n) is 5.13. The molecule has 2 rings (SSSR count). The van der Waals surface area contributed by atoms with Crippen molar-refractivity contribution < 1.29 is 14.7 Å². The second-order valence-corrected chi connectivity index (χ2v) is 5.13. The standard InChI is InChI=1S/C15H19N5O3/c1-10-16-11(2)20(18-10)13-7-5-4-6-12(13)17-15(23)19(3)9-8-14(21)22/h4-7H,8-9H2,1-3H3,(H,17,23)(H,21,22). The minimum atomic E-state index is -0.946. The van der Waals surface area contributed by atoms with Crippen LogP contribution in [-0.2, 0) is 4.79 Å². The number of para-hydroxylation sites is 2. The van der Waals surface area contributed by atoms with Crippen molar-refractivity contribution in [2.45, 2.75) is 20.3 Å². The van der Waals surface area contributed by atoms with Gasteiger partial charge >= 0.3 is 12.0 Å². The van der Waals surface area contributed by atoms with Gasteiger partial charge in [0.25, 0.3) is 0 Å². The maximum Gasteiger partial charge on any atom is 0.321 e. The molecule has 2 aromatic rings. The lowest BCUT2D eigenvalue weighted by atomic mass is 10.2. The van der Waals surface area contributed by atoms with Crippen molar-refractivity contribution in [3.05, 3.63) is 35.9 Å². The number of aliphatic carboxylic acids is 1. The third-order valence-electron chi connectivity index (χ3n) is 3.26. The molecule has 0 unspecified atom stereocenters. The van der Waals surface area contributed by atoms with Crippen molar-refractivity contribution in [3.63, 3.8) is 0 Å². The number of amides is 2. The number of carbonyl (C=O) groups excluding carboxylic acids is 1. The first-order valence-electron chi connectivity index (χ1n) is 7.12. The molecule has 122 valence electrons. The highest BCUT2D eigenvalue weighted by Crippen LogP contribution is 2.20. The van der Waals surface area contributed by atoms with E-state index in [2.05, 4.69) is 15.4 Å². The number of rotatable bonds is 5. The number of benzene rings is 1. The van der Waals surface area contributed by atoms with E-state index >= 15 is 0 Å². The van der Waals surface area contributed by atoms with E-state index in [0.29, 0.717) is 23.0 Å². The number of aromatic nitrogens is 3. The Balaban J connectivity index is 2.19. The molecule has 8 nitrogen and oxygen atoms in total. The van der Waals surface area contributed by atoms with Gasteiger partial charge in [0.2, 0.25) is 0 Å². The fourth-order valence-corrected chi connectivity index (χ4v) is 2.09. The van der Waals surface area contributed by atoms with Crippen molar-refractivity contribution in [1.29, 1.82) is 0 Å². The first-order chi connectivity index (χ1) is 10.9. The lowest BCUT2D eigenvalue weighted by Crippen LogP contribution is -2.33. The molecule has 0 saturated carbocycles. The average Bonchev–Trinajstić information content (AvgIpc) is 2.83. The first-order valence-corrected chi connectivity index (χ1v) is 7.12. The normalized spacial score (nSPS) is 10.4. The Morgan fingerprint density at radius 2 is 2.00 bits per heavy atom. The number of carboxylic acids is 1. The quantitative estimate of drug-likeness (QED) is 0.876. The number of anilines is 1. The maximum absolute atomic E-state index is 12.2. The molecule has 1 aromatic carbocycles. The van der Waals surface area contributed by atoms with Gasteiger partial charge < -0.3 is 15.3 Å². The summed E-state index contributed by atoms with van der Waals surface area (Å²) in [6.07, 6.45) is -0.104. The summed E-state index contributed by atoms with van der Waals surface area (Å²) in [7, 11) is 1.55. The molecule has 1 aromatic heterocycles. The van der Waals surface area contributed by atoms with Gasteiger partial charge in [-0.25, -0.2) is 14.5 Å². The molecule has 0 radical (unpaired) electrons. The topological polar surface area (TPSA) is 100 Å². The summed E-state index contributed by atoms with van der Waals surface area (Å²) in [6.45, 7) is 3.76. The highest BCUT2D eigenvalue weighted by atomic mass is 16.4. The summed E-state index contributed by atoms with van der Waals surface area (Å²) < 4.78 is 1.65. The lowest BCUT2D eigenvalue weighted by Gasteiger charge is -2.18. The first kappa shape index (κ1) is 16.5. The van der Waals surface area contributed by atoms with Crippen molar-refractivity contribution in [1.82, 2.24) is 19.7 Å². The smallest absolute Gasteiger partial charge is 0.321 e. The molecule has 0 saturated heterocycles. The minimum Gasteiger partial charge on any atom is -0.481 e. The number of hydrogen-bond acceptors (Lipinski definition) is 4. The van der Waals surface area contributed by atoms with Gasteiger partial charge in [-0.15, -0.1) is 0 Å². The van der Waals surface area contributed by atoms with Crippen LogP contribution in [0.25, 0.3) is 5.69 Å². The molecular weight excluding hydrogens is 298 g/mol. The van der Waals surface area contributed by atoms with E-state index in [4.69, 9.17) is 5.11 Å². The molecule has 2 N–H and O–H groups in total. The van der Waals surface area contributed by atoms with Gasteiger partial charge in [-0.05, 0) is 26.0 Å². The largest absolute Gasteiger partial charge is 0.481 e. The molecule has 0 aliphatic carbocycles. The third-order valence-corrected chi connectivity index (χ3v) is 3.26. The van der Waals surface area contributed by atoms with Crippen LogP contribution in [0, 0.1) is 13.8 Å². The monoisotopic (exact) mass is 317 g/mol. The van der Waals surface area contributed by atoms with Crippen LogP contribution >= 0.6 is 0 Å². The van der Waals surface area contributed by atoms with Crippen LogP contribution in [0.4, 0.5) is 10.5 Å². The summed E-state index contributed by atoms with van der Waals surface area (Å²) in [6, 6.07) is 6.85. The van der Waals surface area contributed by atoms with Crippen molar-refractivity contribution in [3.8, 4) is 5.69 Å². The summed E-state index contributed by atoms with van der Waals surface area (Å²) in [5.41, 5.74) is 1.28. The molecule has 1 heterocycles. The molecule has 0 aliphatic heterocycles. The van der Waals surface area contributed by atoms with Gasteiger partial charge in [0.05, 0.1) is 17.8 Å². The van der Waals surface area contributed by atoms with Crippen LogP contribution < -0.4 is 5.32 Å². The van der Waals surface area contributed by atoms with Gasteiger partial charge in [-0.1, -0.05) is 12.1 Å². The van der Waals surface area contributed by atoms with E-state index < -0.39 is 5.97 Å². The lowest BCUT2D eigenvalue weighted by molar-refractivity contribution is -0.137. The Morgan fingerprint density at radius 3 is 2.61 bits per heavy atom. The third kappa shape index (κ3) is 4.06. The zero-order chi connectivity index (χ0) is 17.0. The van der Waals surface area contributed by atoms with E-state index in [1.165, 1.54) is 4.90 Å². The highest BCUT2D eigenvalue weighted by molar-refractivity contribution is 5.91. The summed E-state index contributed by atoms with van der Waals surface area (Å²) in [5.74, 6) is 0.407. The SMILES string of the molecule is Cc1nc(C)n(-c2ccccc2NC(=O)N(C)CCC(=O)O)n1. The van der Waals surface area contributed by atoms with Crippen LogP contribution in [0.3, 0.4) is 0 Å². The van der Waals surface area contributed by atoms with Gasteiger partial charge in [-0.2, -0.15) is 5.10 Å². The molecule has 23 heavy (non-hydrogen) atoms. The predicted molar refractivity (Wildman–Crippen MR) is 84.7 cm³/mol. The zero-order valence-electron chi connectivity index (χ0n) is 13.3. The van der Waals surface area contributed by atoms with E-state index in [9.17, 15) is 9.59 Å². The average molecular weight is 317 g/mol. The van der Waals surface area contributed by atoms with Crippen LogP contribution in [0.5, 0.6) is 0 Å². The van der Waals surface area contributed by atoms with Crippen LogP contribution in [-0.4, -0.2) is 50.4 Å². The van der Waals surface area contributed by atoms with Gasteiger partial charge in [0.1, 0.15) is 11.6 Å². The molecule has 8 heteroatoms. The number of nitrogens with one attached hydrogen (secondary N) is 1. The molecule has 2 amide bonds. The molecular formula is C15H19N5O3. The van der Waals surface area contributed by atoms with Crippen LogP contribution in [0.15, 0.2) is 24.3 Å². The van der Waals surface area contributed by atoms with Crippen LogP contribution in [0.2, 0.25) is 0 Å². The van der Waals surface area contributed by atoms with Gasteiger partial charge in [0.15, 0.2) is 0 Å². The van der Waals surface area contributed by atoms with E-state index in [-0.39, 0.29) is 19.0 Å². The number of hydrogen-bond donors (Lipinski definition) is 2. The highest BCUT2D eigenvalue weighted by Gasteiger charge is 2.14. The molecule has 0 atom stereocenters. The van der Waals surface area contributed by atoms with E-state index in [1.54, 1.807) is 30.8 Å². The molecule has 0 spiro atoms. The van der Waals surface area contributed by atoms with E-state index in [1.807, 2.05) is 19.1 Å². The minimum absolute atomic E-state index is 0.104. The number of urea groups is 1. The Labute approximate surface area is 133 Å². The zero-order valence-corrected chi connectivity index (χ0v) is 13.3. The predicted octanol–water partition coefficient (Wildman–Crippen LogP) is 1.82. The second kappa shape index (κ2) is 6.91. The molecule has 0 aliphatic rings. The number of aryl methyl sites for hydroxylation is 2. The molecule has 0 fully saturated rings. The molecule has 0 bridgehead atoms. The maximum atomic E-state index is 12.2. The van der Waals surface area contributed by atoms with Crippen molar-refractivity contribution in [2.75, 3.05) is 18.9 Å². The number of nitrogens with zero attached hydrogens (tertiary/aromatic N) is 4. The Kier molecular flexibility index (Phi) is 4.95. The van der Waals surface area contributed by atoms with Crippen molar-refractivity contribution in [2.24, 2.45) is 0 Å². The fourth-order valence-electron chi connectivity index (χ4n) is 2.09. The Hall–Kier alpha value is -2.90.